The van der Waals surface area contributed by atoms with Crippen LogP contribution >= 0.6 is 0 Å². The van der Waals surface area contributed by atoms with Crippen LogP contribution in [-0.4, -0.2) is 27.6 Å². The number of carbonyl (C=O) groups excluding carboxylic acids is 1. The summed E-state index contributed by atoms with van der Waals surface area (Å²) < 4.78 is 0. The first kappa shape index (κ1) is 13.9. The van der Waals surface area contributed by atoms with Gasteiger partial charge in [-0.2, -0.15) is 5.10 Å². The van der Waals surface area contributed by atoms with Gasteiger partial charge in [0.1, 0.15) is 5.56 Å². The van der Waals surface area contributed by atoms with Gasteiger partial charge in [-0.25, -0.2) is 5.10 Å². The zero-order valence-corrected chi connectivity index (χ0v) is 11.2. The first-order chi connectivity index (χ1) is 9.72. The molecule has 2 aromatic heterocycles. The summed E-state index contributed by atoms with van der Waals surface area (Å²) in [7, 11) is 0. The van der Waals surface area contributed by atoms with Crippen LogP contribution in [0.15, 0.2) is 35.4 Å². The zero-order valence-electron chi connectivity index (χ0n) is 11.2. The van der Waals surface area contributed by atoms with Crippen molar-refractivity contribution in [2.75, 3.05) is 6.54 Å². The van der Waals surface area contributed by atoms with Crippen LogP contribution in [-0.2, 0) is 0 Å². The number of amides is 1. The van der Waals surface area contributed by atoms with Gasteiger partial charge in [0.25, 0.3) is 11.5 Å². The predicted octanol–water partition coefficient (Wildman–Crippen LogP) is 1.36. The van der Waals surface area contributed by atoms with Crippen molar-refractivity contribution in [3.05, 3.63) is 46.5 Å². The van der Waals surface area contributed by atoms with Crippen molar-refractivity contribution in [2.45, 2.75) is 19.8 Å². The van der Waals surface area contributed by atoms with Crippen LogP contribution in [0.2, 0.25) is 0 Å². The van der Waals surface area contributed by atoms with Crippen LogP contribution in [0.1, 0.15) is 30.1 Å². The first-order valence-corrected chi connectivity index (χ1v) is 6.50. The molecule has 0 fully saturated rings. The number of nitrogens with one attached hydrogen (secondary N) is 2. The summed E-state index contributed by atoms with van der Waals surface area (Å²) >= 11 is 0. The number of carbonyl (C=O) groups is 1. The molecule has 0 radical (unpaired) electrons. The third-order valence-electron chi connectivity index (χ3n) is 2.84. The fraction of sp³-hybridized carbons (Fsp3) is 0.286. The van der Waals surface area contributed by atoms with Gasteiger partial charge in [0.15, 0.2) is 0 Å². The number of hydrogen-bond donors (Lipinski definition) is 2. The van der Waals surface area contributed by atoms with Crippen molar-refractivity contribution >= 4 is 5.91 Å². The zero-order chi connectivity index (χ0) is 14.4. The summed E-state index contributed by atoms with van der Waals surface area (Å²) in [6.45, 7) is 2.59. The maximum atomic E-state index is 12.0. The van der Waals surface area contributed by atoms with Crippen LogP contribution < -0.4 is 10.9 Å². The van der Waals surface area contributed by atoms with E-state index in [0.717, 1.165) is 18.4 Å². The molecule has 104 valence electrons. The molecule has 0 spiro atoms. The second-order valence-corrected chi connectivity index (χ2v) is 4.34. The molecular weight excluding hydrogens is 256 g/mol. The lowest BCUT2D eigenvalue weighted by atomic mass is 10.1. The molecule has 2 rings (SSSR count). The van der Waals surface area contributed by atoms with Crippen molar-refractivity contribution in [3.8, 4) is 11.3 Å². The molecule has 0 saturated carbocycles. The van der Waals surface area contributed by atoms with E-state index in [4.69, 9.17) is 0 Å². The molecule has 0 saturated heterocycles. The highest BCUT2D eigenvalue weighted by Gasteiger charge is 2.12. The van der Waals surface area contributed by atoms with Crippen LogP contribution in [0, 0.1) is 0 Å². The van der Waals surface area contributed by atoms with Crippen molar-refractivity contribution in [1.29, 1.82) is 0 Å². The van der Waals surface area contributed by atoms with Gasteiger partial charge in [0, 0.05) is 24.5 Å². The Balaban J connectivity index is 2.25. The van der Waals surface area contributed by atoms with Crippen LogP contribution in [0.4, 0.5) is 0 Å². The molecule has 0 aliphatic heterocycles. The van der Waals surface area contributed by atoms with E-state index in [1.165, 1.54) is 6.07 Å². The number of nitrogens with zero attached hydrogens (tertiary/aromatic N) is 2. The summed E-state index contributed by atoms with van der Waals surface area (Å²) in [6.07, 6.45) is 5.12. The first-order valence-electron chi connectivity index (χ1n) is 6.50. The number of hydrogen-bond acceptors (Lipinski definition) is 4. The van der Waals surface area contributed by atoms with Gasteiger partial charge < -0.3 is 5.32 Å². The Hall–Kier alpha value is -2.50. The van der Waals surface area contributed by atoms with E-state index in [1.807, 2.05) is 6.92 Å². The summed E-state index contributed by atoms with van der Waals surface area (Å²) in [4.78, 5) is 27.6. The van der Waals surface area contributed by atoms with Gasteiger partial charge >= 0.3 is 0 Å². The minimum absolute atomic E-state index is 0.0721. The van der Waals surface area contributed by atoms with E-state index in [9.17, 15) is 9.59 Å². The highest BCUT2D eigenvalue weighted by Crippen LogP contribution is 2.14. The smallest absolute Gasteiger partial charge is 0.277 e. The number of H-pyrrole nitrogens is 1. The van der Waals surface area contributed by atoms with Crippen LogP contribution in [0.5, 0.6) is 0 Å². The van der Waals surface area contributed by atoms with Crippen molar-refractivity contribution in [1.82, 2.24) is 20.5 Å². The Kier molecular flexibility index (Phi) is 4.60. The third kappa shape index (κ3) is 3.28. The molecule has 6 heteroatoms. The second-order valence-electron chi connectivity index (χ2n) is 4.34. The maximum Gasteiger partial charge on any atom is 0.277 e. The van der Waals surface area contributed by atoms with E-state index in [-0.39, 0.29) is 11.5 Å². The molecule has 2 aromatic rings. The molecule has 2 N–H and O–H groups in total. The molecule has 2 heterocycles. The number of aromatic nitrogens is 3. The minimum atomic E-state index is -0.489. The summed E-state index contributed by atoms with van der Waals surface area (Å²) in [6, 6.07) is 5.02. The van der Waals surface area contributed by atoms with E-state index < -0.39 is 5.56 Å². The maximum absolute atomic E-state index is 12.0. The quantitative estimate of drug-likeness (QED) is 0.804. The summed E-state index contributed by atoms with van der Waals surface area (Å²) in [5, 5.41) is 9.01. The van der Waals surface area contributed by atoms with Gasteiger partial charge in [0.05, 0.1) is 5.69 Å². The van der Waals surface area contributed by atoms with E-state index in [0.29, 0.717) is 12.2 Å². The van der Waals surface area contributed by atoms with E-state index in [2.05, 4.69) is 20.5 Å². The molecule has 20 heavy (non-hydrogen) atoms. The van der Waals surface area contributed by atoms with Gasteiger partial charge in [-0.3, -0.25) is 14.6 Å². The Morgan fingerprint density at radius 1 is 1.35 bits per heavy atom. The lowest BCUT2D eigenvalue weighted by Gasteiger charge is -2.05. The third-order valence-corrected chi connectivity index (χ3v) is 2.84. The summed E-state index contributed by atoms with van der Waals surface area (Å²) in [5.74, 6) is -0.377. The van der Waals surface area contributed by atoms with Gasteiger partial charge in [-0.05, 0) is 24.6 Å². The SMILES string of the molecule is CCCCNC(=O)c1cc(-c2ccncc2)n[nH]c1=O. The second kappa shape index (κ2) is 6.60. The molecule has 0 atom stereocenters. The van der Waals surface area contributed by atoms with Crippen LogP contribution in [0.25, 0.3) is 11.3 Å². The van der Waals surface area contributed by atoms with Crippen LogP contribution in [0.3, 0.4) is 0 Å². The molecule has 0 bridgehead atoms. The largest absolute Gasteiger partial charge is 0.352 e. The topological polar surface area (TPSA) is 87.7 Å². The lowest BCUT2D eigenvalue weighted by molar-refractivity contribution is 0.0951. The molecule has 0 aliphatic carbocycles. The Morgan fingerprint density at radius 3 is 2.80 bits per heavy atom. The summed E-state index contributed by atoms with van der Waals surface area (Å²) in [5.41, 5.74) is 0.909. The lowest BCUT2D eigenvalue weighted by Crippen LogP contribution is -2.30. The standard InChI is InChI=1S/C14H16N4O2/c1-2-3-6-16-13(19)11-9-12(17-18-14(11)20)10-4-7-15-8-5-10/h4-5,7-9H,2-3,6H2,1H3,(H,16,19)(H,18,20). The Bertz CT molecular complexity index is 637. The van der Waals surface area contributed by atoms with Gasteiger partial charge in [-0.1, -0.05) is 13.3 Å². The van der Waals surface area contributed by atoms with Gasteiger partial charge in [-0.15, -0.1) is 0 Å². The number of rotatable bonds is 5. The molecule has 0 aromatic carbocycles. The highest BCUT2D eigenvalue weighted by atomic mass is 16.2. The Morgan fingerprint density at radius 2 is 2.10 bits per heavy atom. The number of aromatic amines is 1. The number of pyridine rings is 1. The molecule has 0 aliphatic rings. The average Bonchev–Trinajstić information content (AvgIpc) is 2.49. The molecule has 1 amide bonds. The van der Waals surface area contributed by atoms with E-state index in [1.54, 1.807) is 24.5 Å². The van der Waals surface area contributed by atoms with Crippen molar-refractivity contribution < 1.29 is 4.79 Å². The van der Waals surface area contributed by atoms with Crippen molar-refractivity contribution in [3.63, 3.8) is 0 Å². The Labute approximate surface area is 116 Å². The monoisotopic (exact) mass is 272 g/mol. The van der Waals surface area contributed by atoms with E-state index >= 15 is 0 Å². The van der Waals surface area contributed by atoms with Gasteiger partial charge in [0.2, 0.25) is 0 Å². The predicted molar refractivity (Wildman–Crippen MR) is 75.3 cm³/mol. The van der Waals surface area contributed by atoms with Crippen molar-refractivity contribution in [2.24, 2.45) is 0 Å². The molecule has 6 nitrogen and oxygen atoms in total. The highest BCUT2D eigenvalue weighted by molar-refractivity contribution is 5.94. The average molecular weight is 272 g/mol. The normalized spacial score (nSPS) is 10.2. The number of unbranched alkanes of at least 4 members (excludes halogenated alkanes) is 1. The molecular formula is C14H16N4O2. The molecule has 0 unspecified atom stereocenters. The minimum Gasteiger partial charge on any atom is -0.352 e. The fourth-order valence-corrected chi connectivity index (χ4v) is 1.72. The fourth-order valence-electron chi connectivity index (χ4n) is 1.72.